The molecular weight excluding hydrogens is 260 g/mol. The first-order chi connectivity index (χ1) is 10.1. The second-order valence-corrected chi connectivity index (χ2v) is 6.00. The highest BCUT2D eigenvalue weighted by Gasteiger charge is 2.42. The van der Waals surface area contributed by atoms with Crippen LogP contribution in [0.15, 0.2) is 48.5 Å². The quantitative estimate of drug-likeness (QED) is 0.929. The maximum Gasteiger partial charge on any atom is 0.141 e. The SMILES string of the molecule is Cc1ccc(C(O)(c2ccc(C)cc2)C2CCCO2)cc1. The highest BCUT2D eigenvalue weighted by atomic mass is 16.5. The molecule has 0 spiro atoms. The summed E-state index contributed by atoms with van der Waals surface area (Å²) in [4.78, 5) is 0. The molecule has 1 atom stereocenters. The Hall–Kier alpha value is -1.64. The minimum absolute atomic E-state index is 0.178. The lowest BCUT2D eigenvalue weighted by molar-refractivity contribution is -0.0619. The molecule has 0 radical (unpaired) electrons. The first-order valence-corrected chi connectivity index (χ1v) is 7.59. The lowest BCUT2D eigenvalue weighted by Crippen LogP contribution is -2.40. The molecule has 0 bridgehead atoms. The maximum absolute atomic E-state index is 11.5. The summed E-state index contributed by atoms with van der Waals surface area (Å²) >= 11 is 0. The summed E-state index contributed by atoms with van der Waals surface area (Å²) < 4.78 is 5.84. The van der Waals surface area contributed by atoms with Crippen molar-refractivity contribution in [2.45, 2.75) is 38.4 Å². The number of ether oxygens (including phenoxy) is 1. The summed E-state index contributed by atoms with van der Waals surface area (Å²) in [5.41, 5.74) is 3.13. The van der Waals surface area contributed by atoms with Gasteiger partial charge in [0.15, 0.2) is 0 Å². The maximum atomic E-state index is 11.5. The van der Waals surface area contributed by atoms with E-state index in [-0.39, 0.29) is 6.10 Å². The van der Waals surface area contributed by atoms with Crippen LogP contribution in [0.2, 0.25) is 0 Å². The molecule has 0 saturated carbocycles. The van der Waals surface area contributed by atoms with Gasteiger partial charge in [-0.05, 0) is 37.8 Å². The highest BCUT2D eigenvalue weighted by molar-refractivity contribution is 5.40. The largest absolute Gasteiger partial charge is 0.378 e. The van der Waals surface area contributed by atoms with Crippen LogP contribution in [-0.4, -0.2) is 17.8 Å². The lowest BCUT2D eigenvalue weighted by Gasteiger charge is -2.34. The van der Waals surface area contributed by atoms with Crippen LogP contribution in [0.25, 0.3) is 0 Å². The van der Waals surface area contributed by atoms with Gasteiger partial charge < -0.3 is 9.84 Å². The van der Waals surface area contributed by atoms with Crippen molar-refractivity contribution in [3.8, 4) is 0 Å². The van der Waals surface area contributed by atoms with E-state index in [2.05, 4.69) is 13.8 Å². The molecule has 0 aliphatic carbocycles. The smallest absolute Gasteiger partial charge is 0.141 e. The fourth-order valence-electron chi connectivity index (χ4n) is 3.06. The van der Waals surface area contributed by atoms with E-state index in [1.165, 1.54) is 11.1 Å². The summed E-state index contributed by atoms with van der Waals surface area (Å²) in [5, 5.41) is 11.5. The van der Waals surface area contributed by atoms with Gasteiger partial charge in [0.25, 0.3) is 0 Å². The van der Waals surface area contributed by atoms with E-state index >= 15 is 0 Å². The molecule has 1 unspecified atom stereocenters. The van der Waals surface area contributed by atoms with Gasteiger partial charge in [0, 0.05) is 6.61 Å². The van der Waals surface area contributed by atoms with Crippen molar-refractivity contribution >= 4 is 0 Å². The zero-order chi connectivity index (χ0) is 14.9. The van der Waals surface area contributed by atoms with Crippen molar-refractivity contribution in [3.05, 3.63) is 70.8 Å². The predicted molar refractivity (Wildman–Crippen MR) is 84.3 cm³/mol. The lowest BCUT2D eigenvalue weighted by atomic mass is 9.80. The zero-order valence-corrected chi connectivity index (χ0v) is 12.7. The van der Waals surface area contributed by atoms with Gasteiger partial charge in [-0.2, -0.15) is 0 Å². The number of aryl methyl sites for hydroxylation is 2. The normalized spacial score (nSPS) is 18.9. The van der Waals surface area contributed by atoms with Gasteiger partial charge in [-0.15, -0.1) is 0 Å². The van der Waals surface area contributed by atoms with Crippen LogP contribution in [0.5, 0.6) is 0 Å². The molecule has 3 rings (SSSR count). The van der Waals surface area contributed by atoms with Gasteiger partial charge in [0.05, 0.1) is 6.10 Å². The van der Waals surface area contributed by atoms with Crippen molar-refractivity contribution in [1.82, 2.24) is 0 Å². The molecule has 1 saturated heterocycles. The summed E-state index contributed by atoms with van der Waals surface area (Å²) in [6.45, 7) is 4.84. The molecule has 0 amide bonds. The van der Waals surface area contributed by atoms with E-state index in [4.69, 9.17) is 4.74 Å². The third-order valence-corrected chi connectivity index (χ3v) is 4.38. The Labute approximate surface area is 126 Å². The Kier molecular flexibility index (Phi) is 3.83. The average Bonchev–Trinajstić information content (AvgIpc) is 3.02. The summed E-state index contributed by atoms with van der Waals surface area (Å²) in [6, 6.07) is 16.2. The molecule has 0 aromatic heterocycles. The number of aliphatic hydroxyl groups is 1. The number of rotatable bonds is 3. The van der Waals surface area contributed by atoms with Gasteiger partial charge in [0.2, 0.25) is 0 Å². The molecule has 1 fully saturated rings. The first-order valence-electron chi connectivity index (χ1n) is 7.59. The Morgan fingerprint density at radius 2 is 1.38 bits per heavy atom. The van der Waals surface area contributed by atoms with Crippen LogP contribution < -0.4 is 0 Å². The second kappa shape index (κ2) is 5.63. The van der Waals surface area contributed by atoms with E-state index in [1.807, 2.05) is 48.5 Å². The molecule has 2 aromatic rings. The third-order valence-electron chi connectivity index (χ3n) is 4.38. The Morgan fingerprint density at radius 3 is 1.76 bits per heavy atom. The second-order valence-electron chi connectivity index (χ2n) is 6.00. The number of hydrogen-bond acceptors (Lipinski definition) is 2. The summed E-state index contributed by atoms with van der Waals surface area (Å²) in [7, 11) is 0. The van der Waals surface area contributed by atoms with E-state index in [0.717, 1.165) is 30.6 Å². The van der Waals surface area contributed by atoms with Crippen LogP contribution in [-0.2, 0) is 10.3 Å². The van der Waals surface area contributed by atoms with Crippen molar-refractivity contribution in [3.63, 3.8) is 0 Å². The Balaban J connectivity index is 2.09. The van der Waals surface area contributed by atoms with E-state index in [1.54, 1.807) is 0 Å². The molecule has 1 aliphatic rings. The molecular formula is C19H22O2. The molecule has 110 valence electrons. The van der Waals surface area contributed by atoms with Crippen molar-refractivity contribution in [1.29, 1.82) is 0 Å². The van der Waals surface area contributed by atoms with Gasteiger partial charge in [0.1, 0.15) is 5.60 Å². The van der Waals surface area contributed by atoms with Gasteiger partial charge >= 0.3 is 0 Å². The fourth-order valence-corrected chi connectivity index (χ4v) is 3.06. The van der Waals surface area contributed by atoms with Crippen molar-refractivity contribution in [2.75, 3.05) is 6.61 Å². The van der Waals surface area contributed by atoms with Crippen LogP contribution in [0.3, 0.4) is 0 Å². The molecule has 1 heterocycles. The van der Waals surface area contributed by atoms with Gasteiger partial charge in [-0.25, -0.2) is 0 Å². The number of benzene rings is 2. The zero-order valence-electron chi connectivity index (χ0n) is 12.7. The van der Waals surface area contributed by atoms with E-state index < -0.39 is 5.60 Å². The Bertz CT molecular complexity index is 547. The van der Waals surface area contributed by atoms with Crippen LogP contribution in [0.4, 0.5) is 0 Å². The van der Waals surface area contributed by atoms with Crippen molar-refractivity contribution in [2.24, 2.45) is 0 Å². The summed E-state index contributed by atoms with van der Waals surface area (Å²) in [5.74, 6) is 0. The summed E-state index contributed by atoms with van der Waals surface area (Å²) in [6.07, 6.45) is 1.71. The topological polar surface area (TPSA) is 29.5 Å². The molecule has 1 N–H and O–H groups in total. The van der Waals surface area contributed by atoms with Crippen LogP contribution >= 0.6 is 0 Å². The monoisotopic (exact) mass is 282 g/mol. The van der Waals surface area contributed by atoms with Crippen LogP contribution in [0, 0.1) is 13.8 Å². The van der Waals surface area contributed by atoms with E-state index in [0.29, 0.717) is 0 Å². The molecule has 2 heteroatoms. The van der Waals surface area contributed by atoms with E-state index in [9.17, 15) is 5.11 Å². The molecule has 21 heavy (non-hydrogen) atoms. The predicted octanol–water partition coefficient (Wildman–Crippen LogP) is 3.72. The fraction of sp³-hybridized carbons (Fsp3) is 0.368. The average molecular weight is 282 g/mol. The van der Waals surface area contributed by atoms with Crippen LogP contribution in [0.1, 0.15) is 35.1 Å². The molecule has 1 aliphatic heterocycles. The minimum atomic E-state index is -1.07. The molecule has 2 aromatic carbocycles. The minimum Gasteiger partial charge on any atom is -0.378 e. The standard InChI is InChI=1S/C19H22O2/c1-14-5-9-16(10-6-14)19(20,18-4-3-13-21-18)17-11-7-15(2)8-12-17/h5-12,18,20H,3-4,13H2,1-2H3. The highest BCUT2D eigenvalue weighted by Crippen LogP contribution is 2.39. The van der Waals surface area contributed by atoms with Crippen molar-refractivity contribution < 1.29 is 9.84 Å². The number of hydrogen-bond donors (Lipinski definition) is 1. The van der Waals surface area contributed by atoms with Gasteiger partial charge in [-0.1, -0.05) is 59.7 Å². The first kappa shape index (κ1) is 14.3. The Morgan fingerprint density at radius 1 is 0.905 bits per heavy atom. The third kappa shape index (κ3) is 2.61. The molecule has 2 nitrogen and oxygen atoms in total. The van der Waals surface area contributed by atoms with Gasteiger partial charge in [-0.3, -0.25) is 0 Å².